The van der Waals surface area contributed by atoms with Crippen LogP contribution in [0.2, 0.25) is 0 Å². The summed E-state index contributed by atoms with van der Waals surface area (Å²) in [5.74, 6) is -0.192. The number of anilines is 3. The second-order valence-corrected chi connectivity index (χ2v) is 8.30. The number of nitro benzene ring substituents is 1. The van der Waals surface area contributed by atoms with Gasteiger partial charge in [0, 0.05) is 48.8 Å². The smallest absolute Gasteiger partial charge is 0.323 e. The fraction of sp³-hybridized carbons (Fsp3) is 0.231. The molecule has 1 fully saturated rings. The van der Waals surface area contributed by atoms with Crippen molar-refractivity contribution >= 4 is 34.7 Å². The second kappa shape index (κ2) is 11.1. The van der Waals surface area contributed by atoms with Crippen molar-refractivity contribution in [1.82, 2.24) is 5.32 Å². The third-order valence-corrected chi connectivity index (χ3v) is 5.82. The maximum Gasteiger partial charge on any atom is 0.323 e. The molecule has 4 rings (SSSR count). The Bertz CT molecular complexity index is 1190. The molecule has 1 aliphatic heterocycles. The van der Waals surface area contributed by atoms with Crippen molar-refractivity contribution in [2.45, 2.75) is 19.3 Å². The predicted molar refractivity (Wildman–Crippen MR) is 136 cm³/mol. The van der Waals surface area contributed by atoms with Gasteiger partial charge < -0.3 is 20.9 Å². The summed E-state index contributed by atoms with van der Waals surface area (Å²) in [6.45, 7) is 2.27. The lowest BCUT2D eigenvalue weighted by Gasteiger charge is -2.22. The van der Waals surface area contributed by atoms with Crippen LogP contribution >= 0.6 is 0 Å². The number of hydrogen-bond donors (Lipinski definition) is 3. The van der Waals surface area contributed by atoms with Gasteiger partial charge in [0.05, 0.1) is 10.5 Å². The number of non-ortho nitro benzene ring substituents is 1. The van der Waals surface area contributed by atoms with Crippen LogP contribution in [0.5, 0.6) is 0 Å². The summed E-state index contributed by atoms with van der Waals surface area (Å²) < 4.78 is 0. The first-order valence-corrected chi connectivity index (χ1v) is 11.5. The molecule has 9 heteroatoms. The minimum atomic E-state index is -0.511. The first-order valence-electron chi connectivity index (χ1n) is 11.5. The van der Waals surface area contributed by atoms with Crippen LogP contribution in [0.25, 0.3) is 0 Å². The first-order chi connectivity index (χ1) is 17.0. The number of benzene rings is 3. The summed E-state index contributed by atoms with van der Waals surface area (Å²) in [7, 11) is 0. The Labute approximate surface area is 203 Å². The van der Waals surface area contributed by atoms with Crippen LogP contribution in [0.4, 0.5) is 27.5 Å². The molecule has 35 heavy (non-hydrogen) atoms. The molecule has 0 radical (unpaired) electrons. The van der Waals surface area contributed by atoms with Crippen LogP contribution in [0, 0.1) is 10.1 Å². The maximum atomic E-state index is 13.1. The Kier molecular flexibility index (Phi) is 7.57. The third-order valence-electron chi connectivity index (χ3n) is 5.82. The lowest BCUT2D eigenvalue weighted by atomic mass is 10.1. The van der Waals surface area contributed by atoms with Gasteiger partial charge in [0.1, 0.15) is 0 Å². The highest BCUT2D eigenvalue weighted by Gasteiger charge is 2.20. The van der Waals surface area contributed by atoms with Crippen molar-refractivity contribution in [2.75, 3.05) is 35.2 Å². The molecule has 180 valence electrons. The van der Waals surface area contributed by atoms with Gasteiger partial charge in [0.2, 0.25) is 0 Å². The van der Waals surface area contributed by atoms with Gasteiger partial charge in [0.25, 0.3) is 11.6 Å². The van der Waals surface area contributed by atoms with Gasteiger partial charge in [-0.2, -0.15) is 0 Å². The molecule has 1 heterocycles. The fourth-order valence-electron chi connectivity index (χ4n) is 4.05. The summed E-state index contributed by atoms with van der Waals surface area (Å²) >= 11 is 0. The number of amides is 3. The Balaban J connectivity index is 1.44. The Morgan fingerprint density at radius 2 is 1.54 bits per heavy atom. The van der Waals surface area contributed by atoms with Crippen molar-refractivity contribution in [1.29, 1.82) is 0 Å². The largest absolute Gasteiger partial charge is 0.371 e. The highest BCUT2D eigenvalue weighted by Crippen LogP contribution is 2.28. The molecule has 0 bridgehead atoms. The minimum absolute atomic E-state index is 0.0589. The Hall–Kier alpha value is -4.40. The number of nitro groups is 1. The summed E-state index contributed by atoms with van der Waals surface area (Å²) in [5.41, 5.74) is 3.33. The third kappa shape index (κ3) is 6.35. The number of carbonyl (C=O) groups excluding carboxylic acids is 2. The van der Waals surface area contributed by atoms with E-state index in [0.717, 1.165) is 43.6 Å². The number of urea groups is 1. The van der Waals surface area contributed by atoms with E-state index in [1.165, 1.54) is 24.3 Å². The highest BCUT2D eigenvalue weighted by atomic mass is 16.6. The molecule has 0 aromatic heterocycles. The summed E-state index contributed by atoms with van der Waals surface area (Å²) in [6.07, 6.45) is 2.88. The minimum Gasteiger partial charge on any atom is -0.371 e. The normalized spacial score (nSPS) is 12.7. The zero-order valence-corrected chi connectivity index (χ0v) is 19.2. The van der Waals surface area contributed by atoms with Gasteiger partial charge >= 0.3 is 6.03 Å². The number of carbonyl (C=O) groups is 2. The molecule has 3 aromatic carbocycles. The lowest BCUT2D eigenvalue weighted by molar-refractivity contribution is -0.384. The molecule has 0 unspecified atom stereocenters. The topological polar surface area (TPSA) is 117 Å². The first kappa shape index (κ1) is 23.7. The van der Waals surface area contributed by atoms with Crippen LogP contribution in [0.15, 0.2) is 72.8 Å². The van der Waals surface area contributed by atoms with Gasteiger partial charge in [-0.25, -0.2) is 4.79 Å². The van der Waals surface area contributed by atoms with Crippen LogP contribution < -0.4 is 20.9 Å². The predicted octanol–water partition coefficient (Wildman–Crippen LogP) is 4.81. The Morgan fingerprint density at radius 3 is 2.23 bits per heavy atom. The van der Waals surface area contributed by atoms with Gasteiger partial charge in [-0.3, -0.25) is 14.9 Å². The van der Waals surface area contributed by atoms with E-state index in [-0.39, 0.29) is 11.6 Å². The fourth-order valence-corrected chi connectivity index (χ4v) is 4.05. The summed E-state index contributed by atoms with van der Waals surface area (Å²) in [5, 5.41) is 19.2. The molecule has 0 saturated carbocycles. The number of nitrogens with one attached hydrogen (secondary N) is 3. The average Bonchev–Trinajstić information content (AvgIpc) is 3.40. The van der Waals surface area contributed by atoms with E-state index in [1.807, 2.05) is 36.4 Å². The molecular weight excluding hydrogens is 446 g/mol. The van der Waals surface area contributed by atoms with E-state index >= 15 is 0 Å². The zero-order chi connectivity index (χ0) is 24.6. The van der Waals surface area contributed by atoms with E-state index in [9.17, 15) is 19.7 Å². The van der Waals surface area contributed by atoms with Crippen LogP contribution in [-0.4, -0.2) is 36.5 Å². The van der Waals surface area contributed by atoms with E-state index in [1.54, 1.807) is 12.1 Å². The van der Waals surface area contributed by atoms with Crippen molar-refractivity contribution < 1.29 is 14.5 Å². The van der Waals surface area contributed by atoms with Crippen molar-refractivity contribution in [3.63, 3.8) is 0 Å². The van der Waals surface area contributed by atoms with E-state index in [4.69, 9.17) is 0 Å². The quantitative estimate of drug-likeness (QED) is 0.321. The van der Waals surface area contributed by atoms with Crippen molar-refractivity contribution in [3.8, 4) is 0 Å². The van der Waals surface area contributed by atoms with E-state index in [0.29, 0.717) is 23.5 Å². The number of hydrogen-bond acceptors (Lipinski definition) is 5. The molecule has 1 aliphatic rings. The van der Waals surface area contributed by atoms with Gasteiger partial charge in [-0.05, 0) is 55.2 Å². The van der Waals surface area contributed by atoms with Crippen LogP contribution in [-0.2, 0) is 6.42 Å². The second-order valence-electron chi connectivity index (χ2n) is 8.30. The maximum absolute atomic E-state index is 13.1. The molecule has 9 nitrogen and oxygen atoms in total. The number of nitrogens with zero attached hydrogens (tertiary/aromatic N) is 2. The lowest BCUT2D eigenvalue weighted by Crippen LogP contribution is -2.29. The Morgan fingerprint density at radius 1 is 0.886 bits per heavy atom. The molecule has 0 aliphatic carbocycles. The average molecular weight is 474 g/mol. The summed E-state index contributed by atoms with van der Waals surface area (Å²) in [6, 6.07) is 20.3. The molecule has 1 saturated heterocycles. The number of rotatable bonds is 8. The molecular formula is C26H27N5O4. The van der Waals surface area contributed by atoms with Crippen molar-refractivity contribution in [2.24, 2.45) is 0 Å². The molecule has 3 N–H and O–H groups in total. The van der Waals surface area contributed by atoms with Gasteiger partial charge in [0.15, 0.2) is 0 Å². The van der Waals surface area contributed by atoms with Crippen LogP contribution in [0.3, 0.4) is 0 Å². The monoisotopic (exact) mass is 473 g/mol. The molecule has 0 spiro atoms. The molecule has 3 aromatic rings. The highest BCUT2D eigenvalue weighted by molar-refractivity contribution is 6.04. The van der Waals surface area contributed by atoms with Crippen LogP contribution in [0.1, 0.15) is 28.8 Å². The standard InChI is InChI=1S/C26H27N5O4/c32-25(27-15-14-19-6-2-1-3-7-19)23-18-21(10-13-24(23)30-16-4-5-17-30)29-26(33)28-20-8-11-22(12-9-20)31(34)35/h1-3,6-13,18H,4-5,14-17H2,(H,27,32)(H2,28,29,33). The van der Waals surface area contributed by atoms with Crippen molar-refractivity contribution in [3.05, 3.63) is 94.0 Å². The van der Waals surface area contributed by atoms with Gasteiger partial charge in [-0.1, -0.05) is 30.3 Å². The SMILES string of the molecule is O=C(Nc1ccc([N+](=O)[O-])cc1)Nc1ccc(N2CCCC2)c(C(=O)NCCc2ccccc2)c1. The summed E-state index contributed by atoms with van der Waals surface area (Å²) in [4.78, 5) is 38.1. The van der Waals surface area contributed by atoms with Gasteiger partial charge in [-0.15, -0.1) is 0 Å². The molecule has 0 atom stereocenters. The van der Waals surface area contributed by atoms with E-state index in [2.05, 4.69) is 20.9 Å². The zero-order valence-electron chi connectivity index (χ0n) is 19.2. The van der Waals surface area contributed by atoms with E-state index < -0.39 is 11.0 Å². The molecule has 3 amide bonds.